The van der Waals surface area contributed by atoms with Crippen LogP contribution in [-0.2, 0) is 41.4 Å². The summed E-state index contributed by atoms with van der Waals surface area (Å²) in [7, 11) is 1.31. The Labute approximate surface area is 156 Å². The largest absolute Gasteiger partial charge is 0.679 e. The van der Waals surface area contributed by atoms with Gasteiger partial charge in [0.15, 0.2) is 0 Å². The van der Waals surface area contributed by atoms with Crippen molar-refractivity contribution in [1.82, 2.24) is 0 Å². The maximum atomic E-state index is 11.4. The first-order valence-corrected chi connectivity index (χ1v) is 10.00. The molecule has 0 amide bonds. The van der Waals surface area contributed by atoms with Gasteiger partial charge in [-0.15, -0.1) is 0 Å². The van der Waals surface area contributed by atoms with Gasteiger partial charge in [-0.1, -0.05) is 6.58 Å². The number of ether oxygens (including phenoxy) is 4. The first kappa shape index (κ1) is 25.1. The van der Waals surface area contributed by atoms with E-state index in [2.05, 4.69) is 6.58 Å². The normalized spacial score (nSPS) is 11.5. The van der Waals surface area contributed by atoms with Crippen LogP contribution >= 0.6 is 0 Å². The van der Waals surface area contributed by atoms with Crippen molar-refractivity contribution in [3.8, 4) is 0 Å². The molecule has 0 aromatic heterocycles. The van der Waals surface area contributed by atoms with E-state index in [4.69, 9.17) is 36.7 Å². The molecule has 0 aliphatic carbocycles. The molecule has 154 valence electrons. The summed E-state index contributed by atoms with van der Waals surface area (Å²) in [5.74, 6) is -0.433. The molecule has 0 rings (SSSR count). The third kappa shape index (κ3) is 12.5. The summed E-state index contributed by atoms with van der Waals surface area (Å²) in [5, 5.41) is 0. The molecule has 0 atom stereocenters. The highest BCUT2D eigenvalue weighted by Gasteiger charge is 2.45. The molecule has 0 aromatic rings. The Morgan fingerprint density at radius 3 is 1.54 bits per heavy atom. The SMILES string of the molecule is C=C(C)C(=O)OCCCO[Si](OCCOC)(OCCOC)OCCOC. The lowest BCUT2D eigenvalue weighted by Gasteiger charge is -2.28. The highest BCUT2D eigenvalue weighted by molar-refractivity contribution is 6.53. The van der Waals surface area contributed by atoms with E-state index in [9.17, 15) is 4.79 Å². The van der Waals surface area contributed by atoms with Crippen molar-refractivity contribution in [2.75, 3.05) is 74.2 Å². The smallest absolute Gasteiger partial charge is 0.462 e. The van der Waals surface area contributed by atoms with Gasteiger partial charge in [0.25, 0.3) is 0 Å². The number of methoxy groups -OCH3 is 3. The summed E-state index contributed by atoms with van der Waals surface area (Å²) < 4.78 is 43.0. The van der Waals surface area contributed by atoms with Gasteiger partial charge >= 0.3 is 15.0 Å². The second kappa shape index (κ2) is 16.3. The quantitative estimate of drug-likeness (QED) is 0.145. The molecule has 10 heteroatoms. The van der Waals surface area contributed by atoms with E-state index >= 15 is 0 Å². The molecule has 0 saturated heterocycles. The van der Waals surface area contributed by atoms with Crippen LogP contribution in [0.3, 0.4) is 0 Å². The van der Waals surface area contributed by atoms with Crippen molar-refractivity contribution >= 4 is 15.0 Å². The maximum absolute atomic E-state index is 11.4. The van der Waals surface area contributed by atoms with E-state index < -0.39 is 15.0 Å². The van der Waals surface area contributed by atoms with Gasteiger partial charge in [-0.05, 0) is 6.92 Å². The standard InChI is InChI=1S/C16H32O9Si/c1-15(2)16(17)21-7-6-8-22-26(23-12-9-18-3,24-13-10-19-4)25-14-11-20-5/h1,6-14H2,2-5H3. The average molecular weight is 397 g/mol. The van der Waals surface area contributed by atoms with Crippen LogP contribution in [0.15, 0.2) is 12.2 Å². The van der Waals surface area contributed by atoms with E-state index in [1.165, 1.54) is 0 Å². The highest BCUT2D eigenvalue weighted by atomic mass is 28.4. The first-order valence-electron chi connectivity index (χ1n) is 8.36. The van der Waals surface area contributed by atoms with E-state index in [1.54, 1.807) is 28.3 Å². The zero-order valence-electron chi connectivity index (χ0n) is 16.2. The summed E-state index contributed by atoms with van der Waals surface area (Å²) in [5.41, 5.74) is 0.350. The molecular formula is C16H32O9Si. The van der Waals surface area contributed by atoms with Crippen LogP contribution < -0.4 is 0 Å². The highest BCUT2D eigenvalue weighted by Crippen LogP contribution is 2.13. The summed E-state index contributed by atoms with van der Waals surface area (Å²) in [6, 6.07) is 0. The minimum absolute atomic E-state index is 0.199. The Morgan fingerprint density at radius 1 is 0.731 bits per heavy atom. The molecule has 0 radical (unpaired) electrons. The van der Waals surface area contributed by atoms with Crippen molar-refractivity contribution in [2.45, 2.75) is 13.3 Å². The molecular weight excluding hydrogens is 364 g/mol. The Morgan fingerprint density at radius 2 is 1.15 bits per heavy atom. The lowest BCUT2D eigenvalue weighted by Crippen LogP contribution is -2.51. The van der Waals surface area contributed by atoms with Gasteiger partial charge in [-0.3, -0.25) is 0 Å². The topological polar surface area (TPSA) is 90.9 Å². The third-order valence-corrected chi connectivity index (χ3v) is 5.08. The van der Waals surface area contributed by atoms with Gasteiger partial charge in [-0.2, -0.15) is 0 Å². The number of esters is 1. The fourth-order valence-electron chi connectivity index (χ4n) is 1.54. The first-order chi connectivity index (χ1) is 12.5. The molecule has 0 saturated carbocycles. The van der Waals surface area contributed by atoms with Crippen molar-refractivity contribution in [3.05, 3.63) is 12.2 Å². The number of hydrogen-bond donors (Lipinski definition) is 0. The van der Waals surface area contributed by atoms with E-state index in [0.29, 0.717) is 31.8 Å². The zero-order valence-corrected chi connectivity index (χ0v) is 17.2. The number of hydrogen-bond acceptors (Lipinski definition) is 9. The second-order valence-corrected chi connectivity index (χ2v) is 7.30. The van der Waals surface area contributed by atoms with Crippen LogP contribution in [0.5, 0.6) is 0 Å². The van der Waals surface area contributed by atoms with Gasteiger partial charge in [-0.25, -0.2) is 4.79 Å². The second-order valence-electron chi connectivity index (χ2n) is 5.14. The zero-order chi connectivity index (χ0) is 19.7. The Balaban J connectivity index is 4.60. The summed E-state index contributed by atoms with van der Waals surface area (Å²) in [6.45, 7) is 7.44. The molecule has 0 unspecified atom stereocenters. The fraction of sp³-hybridized carbons (Fsp3) is 0.812. The maximum Gasteiger partial charge on any atom is 0.679 e. The van der Waals surface area contributed by atoms with Crippen LogP contribution in [-0.4, -0.2) is 89.2 Å². The van der Waals surface area contributed by atoms with Crippen molar-refractivity contribution in [3.63, 3.8) is 0 Å². The minimum atomic E-state index is -3.40. The number of carbonyl (C=O) groups excluding carboxylic acids is 1. The third-order valence-electron chi connectivity index (χ3n) is 2.85. The van der Waals surface area contributed by atoms with Crippen LogP contribution in [0.25, 0.3) is 0 Å². The fourth-order valence-corrected chi connectivity index (χ4v) is 3.44. The summed E-state index contributed by atoms with van der Waals surface area (Å²) in [4.78, 5) is 11.4. The summed E-state index contributed by atoms with van der Waals surface area (Å²) >= 11 is 0. The predicted octanol–water partition coefficient (Wildman–Crippen LogP) is 0.937. The molecule has 0 heterocycles. The monoisotopic (exact) mass is 396 g/mol. The molecule has 0 N–H and O–H groups in total. The predicted molar refractivity (Wildman–Crippen MR) is 95.6 cm³/mol. The molecule has 0 spiro atoms. The molecule has 9 nitrogen and oxygen atoms in total. The van der Waals surface area contributed by atoms with Crippen molar-refractivity contribution in [1.29, 1.82) is 0 Å². The molecule has 0 aliphatic rings. The summed E-state index contributed by atoms with van der Waals surface area (Å²) in [6.07, 6.45) is 0.461. The molecule has 0 aromatic carbocycles. The number of rotatable bonds is 18. The molecule has 26 heavy (non-hydrogen) atoms. The molecule has 0 aliphatic heterocycles. The van der Waals surface area contributed by atoms with Crippen LogP contribution in [0.1, 0.15) is 13.3 Å². The molecule has 0 fully saturated rings. The van der Waals surface area contributed by atoms with Crippen molar-refractivity contribution < 1.29 is 41.4 Å². The van der Waals surface area contributed by atoms with Gasteiger partial charge in [0, 0.05) is 39.9 Å². The lowest BCUT2D eigenvalue weighted by molar-refractivity contribution is -0.139. The van der Waals surface area contributed by atoms with E-state index in [1.807, 2.05) is 0 Å². The van der Waals surface area contributed by atoms with E-state index in [-0.39, 0.29) is 33.0 Å². The van der Waals surface area contributed by atoms with Crippen molar-refractivity contribution in [2.24, 2.45) is 0 Å². The van der Waals surface area contributed by atoms with Gasteiger partial charge in [0.2, 0.25) is 0 Å². The van der Waals surface area contributed by atoms with Gasteiger partial charge in [0.05, 0.1) is 46.2 Å². The van der Waals surface area contributed by atoms with Crippen LogP contribution in [0, 0.1) is 0 Å². The van der Waals surface area contributed by atoms with Gasteiger partial charge in [0.1, 0.15) is 0 Å². The molecule has 0 bridgehead atoms. The van der Waals surface area contributed by atoms with Crippen LogP contribution in [0.2, 0.25) is 0 Å². The lowest BCUT2D eigenvalue weighted by atomic mass is 10.4. The van der Waals surface area contributed by atoms with Crippen LogP contribution in [0.4, 0.5) is 0 Å². The minimum Gasteiger partial charge on any atom is -0.462 e. The Kier molecular flexibility index (Phi) is 15.8. The van der Waals surface area contributed by atoms with E-state index in [0.717, 1.165) is 0 Å². The Bertz CT molecular complexity index is 352. The Hall–Kier alpha value is -0.853. The van der Waals surface area contributed by atoms with Gasteiger partial charge < -0.3 is 36.7 Å². The average Bonchev–Trinajstić information content (AvgIpc) is 2.61. The number of carbonyl (C=O) groups is 1.